The normalized spacial score (nSPS) is 15.7. The molecule has 1 aliphatic rings. The molecular formula is C24H27Cl2FN2O2. The van der Waals surface area contributed by atoms with Crippen molar-refractivity contribution in [2.45, 2.75) is 57.2 Å². The molecule has 0 heterocycles. The zero-order valence-corrected chi connectivity index (χ0v) is 18.8. The van der Waals surface area contributed by atoms with Crippen molar-refractivity contribution in [3.8, 4) is 0 Å². The lowest BCUT2D eigenvalue weighted by Crippen LogP contribution is -2.46. The molecule has 1 saturated carbocycles. The summed E-state index contributed by atoms with van der Waals surface area (Å²) in [6.07, 6.45) is 6.28. The van der Waals surface area contributed by atoms with E-state index in [-0.39, 0.29) is 24.4 Å². The number of benzene rings is 2. The lowest BCUT2D eigenvalue weighted by molar-refractivity contribution is -0.140. The summed E-state index contributed by atoms with van der Waals surface area (Å²) in [5.41, 5.74) is 1.23. The van der Waals surface area contributed by atoms with Crippen LogP contribution in [-0.2, 0) is 16.1 Å². The molecule has 2 aromatic rings. The number of nitrogens with one attached hydrogen (secondary N) is 1. The van der Waals surface area contributed by atoms with Crippen LogP contribution in [0.5, 0.6) is 0 Å². The average Bonchev–Trinajstić information content (AvgIpc) is 3.04. The Morgan fingerprint density at radius 1 is 1.03 bits per heavy atom. The van der Waals surface area contributed by atoms with Gasteiger partial charge in [0.1, 0.15) is 17.7 Å². The quantitative estimate of drug-likeness (QED) is 0.426. The highest BCUT2D eigenvalue weighted by Crippen LogP contribution is 2.28. The van der Waals surface area contributed by atoms with E-state index in [1.165, 1.54) is 29.2 Å². The summed E-state index contributed by atoms with van der Waals surface area (Å²) in [4.78, 5) is 27.8. The zero-order chi connectivity index (χ0) is 22.2. The maximum Gasteiger partial charge on any atom is 0.247 e. The summed E-state index contributed by atoms with van der Waals surface area (Å²) in [6.45, 7) is 0.116. The maximum absolute atomic E-state index is 13.6. The van der Waals surface area contributed by atoms with Crippen molar-refractivity contribution in [1.29, 1.82) is 0 Å². The third-order valence-electron chi connectivity index (χ3n) is 5.68. The van der Waals surface area contributed by atoms with Gasteiger partial charge in [-0.3, -0.25) is 9.59 Å². The first-order valence-corrected chi connectivity index (χ1v) is 11.6. The fourth-order valence-corrected chi connectivity index (χ4v) is 4.38. The van der Waals surface area contributed by atoms with Gasteiger partial charge in [-0.15, -0.1) is 11.6 Å². The van der Waals surface area contributed by atoms with Crippen molar-refractivity contribution in [2.75, 3.05) is 5.88 Å². The zero-order valence-electron chi connectivity index (χ0n) is 17.3. The molecule has 1 aliphatic carbocycles. The summed E-state index contributed by atoms with van der Waals surface area (Å²) in [6, 6.07) is 11.9. The van der Waals surface area contributed by atoms with Crippen LogP contribution in [0.1, 0.15) is 55.7 Å². The highest BCUT2D eigenvalue weighted by molar-refractivity contribution is 6.31. The van der Waals surface area contributed by atoms with Gasteiger partial charge in [0.15, 0.2) is 0 Å². The first-order valence-electron chi connectivity index (χ1n) is 10.6. The Kier molecular flexibility index (Phi) is 8.73. The number of hydrogen-bond acceptors (Lipinski definition) is 2. The molecule has 1 fully saturated rings. The molecule has 31 heavy (non-hydrogen) atoms. The van der Waals surface area contributed by atoms with E-state index in [1.807, 2.05) is 12.1 Å². The molecule has 0 saturated heterocycles. The molecule has 0 aliphatic heterocycles. The Bertz CT molecular complexity index is 883. The van der Waals surface area contributed by atoms with E-state index in [4.69, 9.17) is 23.2 Å². The number of nitrogens with zero attached hydrogens (tertiary/aromatic N) is 1. The molecule has 0 bridgehead atoms. The Labute approximate surface area is 192 Å². The number of carbonyl (C=O) groups is 2. The van der Waals surface area contributed by atoms with E-state index in [0.717, 1.165) is 38.5 Å². The van der Waals surface area contributed by atoms with Crippen LogP contribution in [0.4, 0.5) is 4.39 Å². The van der Waals surface area contributed by atoms with E-state index in [1.54, 1.807) is 12.1 Å². The predicted octanol–water partition coefficient (Wildman–Crippen LogP) is 5.63. The minimum Gasteiger partial charge on any atom is -0.351 e. The van der Waals surface area contributed by atoms with Crippen molar-refractivity contribution in [2.24, 2.45) is 0 Å². The summed E-state index contributed by atoms with van der Waals surface area (Å²) >= 11 is 12.2. The molecule has 2 aromatic carbocycles. The van der Waals surface area contributed by atoms with Gasteiger partial charge in [0.25, 0.3) is 0 Å². The summed E-state index contributed by atoms with van der Waals surface area (Å²) in [5, 5.41) is 3.63. The Hall–Kier alpha value is -2.11. The Morgan fingerprint density at radius 3 is 2.29 bits per heavy atom. The molecule has 0 radical (unpaired) electrons. The van der Waals surface area contributed by atoms with Gasteiger partial charge in [0.05, 0.1) is 0 Å². The third-order valence-corrected chi connectivity index (χ3v) is 6.28. The number of rotatable bonds is 7. The Morgan fingerprint density at radius 2 is 1.68 bits per heavy atom. The number of hydrogen-bond donors (Lipinski definition) is 1. The molecule has 166 valence electrons. The fraction of sp³-hybridized carbons (Fsp3) is 0.417. The number of carbonyl (C=O) groups excluding carboxylic acids is 2. The second-order valence-electron chi connectivity index (χ2n) is 7.90. The van der Waals surface area contributed by atoms with Crippen LogP contribution in [0.3, 0.4) is 0 Å². The molecule has 4 nitrogen and oxygen atoms in total. The van der Waals surface area contributed by atoms with Gasteiger partial charge in [-0.05, 0) is 42.2 Å². The van der Waals surface area contributed by atoms with Crippen molar-refractivity contribution >= 4 is 35.0 Å². The van der Waals surface area contributed by atoms with Crippen LogP contribution >= 0.6 is 23.2 Å². The standard InChI is InChI=1S/C24H27Cl2FN2O2/c25-15-22(30)29(16-18-7-5-6-10-21(18)26)23(17-11-13-19(27)14-12-17)24(31)28-20-8-3-1-2-4-9-20/h5-7,10-14,20,23H,1-4,8-9,15-16H2,(H,28,31)/t23-/m1/s1. The largest absolute Gasteiger partial charge is 0.351 e. The van der Waals surface area contributed by atoms with Crippen molar-refractivity contribution in [3.63, 3.8) is 0 Å². The monoisotopic (exact) mass is 464 g/mol. The molecule has 0 spiro atoms. The molecule has 1 atom stereocenters. The molecule has 1 N–H and O–H groups in total. The van der Waals surface area contributed by atoms with Crippen LogP contribution in [0.15, 0.2) is 48.5 Å². The predicted molar refractivity (Wildman–Crippen MR) is 121 cm³/mol. The van der Waals surface area contributed by atoms with Crippen LogP contribution < -0.4 is 5.32 Å². The highest BCUT2D eigenvalue weighted by Gasteiger charge is 2.32. The fourth-order valence-electron chi connectivity index (χ4n) is 4.03. The molecule has 0 aromatic heterocycles. The van der Waals surface area contributed by atoms with Crippen LogP contribution in [-0.4, -0.2) is 28.6 Å². The Balaban J connectivity index is 1.94. The molecule has 0 unspecified atom stereocenters. The molecule has 2 amide bonds. The van der Waals surface area contributed by atoms with Gasteiger partial charge in [-0.1, -0.05) is 67.6 Å². The molecule has 3 rings (SSSR count). The second-order valence-corrected chi connectivity index (χ2v) is 8.57. The minimum atomic E-state index is -0.939. The van der Waals surface area contributed by atoms with Crippen molar-refractivity contribution in [3.05, 3.63) is 70.5 Å². The van der Waals surface area contributed by atoms with Crippen molar-refractivity contribution in [1.82, 2.24) is 10.2 Å². The SMILES string of the molecule is O=C(NC1CCCCCC1)[C@@H](c1ccc(F)cc1)N(Cc1ccccc1Cl)C(=O)CCl. The maximum atomic E-state index is 13.6. The summed E-state index contributed by atoms with van der Waals surface area (Å²) in [7, 11) is 0. The first-order chi connectivity index (χ1) is 15.0. The summed E-state index contributed by atoms with van der Waals surface area (Å²) < 4.78 is 13.6. The smallest absolute Gasteiger partial charge is 0.247 e. The third kappa shape index (κ3) is 6.44. The number of amides is 2. The lowest BCUT2D eigenvalue weighted by Gasteiger charge is -2.32. The van der Waals surface area contributed by atoms with E-state index in [0.29, 0.717) is 16.1 Å². The van der Waals surface area contributed by atoms with E-state index >= 15 is 0 Å². The molecule has 7 heteroatoms. The van der Waals surface area contributed by atoms with Crippen LogP contribution in [0.25, 0.3) is 0 Å². The van der Waals surface area contributed by atoms with Gasteiger partial charge >= 0.3 is 0 Å². The van der Waals surface area contributed by atoms with Gasteiger partial charge in [-0.25, -0.2) is 4.39 Å². The topological polar surface area (TPSA) is 49.4 Å². The minimum absolute atomic E-state index is 0.0613. The van der Waals surface area contributed by atoms with E-state index in [9.17, 15) is 14.0 Å². The van der Waals surface area contributed by atoms with Gasteiger partial charge in [0, 0.05) is 17.6 Å². The van der Waals surface area contributed by atoms with Crippen molar-refractivity contribution < 1.29 is 14.0 Å². The average molecular weight is 465 g/mol. The summed E-state index contributed by atoms with van der Waals surface area (Å²) in [5.74, 6) is -1.37. The highest BCUT2D eigenvalue weighted by atomic mass is 35.5. The molecular weight excluding hydrogens is 438 g/mol. The second kappa shape index (κ2) is 11.5. The van der Waals surface area contributed by atoms with Crippen LogP contribution in [0, 0.1) is 5.82 Å². The van der Waals surface area contributed by atoms with Gasteiger partial charge < -0.3 is 10.2 Å². The lowest BCUT2D eigenvalue weighted by atomic mass is 10.0. The van der Waals surface area contributed by atoms with Gasteiger partial charge in [-0.2, -0.15) is 0 Å². The van der Waals surface area contributed by atoms with E-state index < -0.39 is 17.8 Å². The first kappa shape index (κ1) is 23.6. The number of alkyl halides is 1. The van der Waals surface area contributed by atoms with Crippen LogP contribution in [0.2, 0.25) is 5.02 Å². The van der Waals surface area contributed by atoms with Gasteiger partial charge in [0.2, 0.25) is 11.8 Å². The number of halogens is 3. The van der Waals surface area contributed by atoms with E-state index in [2.05, 4.69) is 5.32 Å².